The molecule has 1 fully saturated rings. The number of rotatable bonds is 8. The van der Waals surface area contributed by atoms with E-state index in [1.54, 1.807) is 0 Å². The number of aryl methyl sites for hydroxylation is 2. The molecule has 1 saturated carbocycles. The number of hydrogen-bond acceptors (Lipinski definition) is 4. The fraction of sp³-hybridized carbons (Fsp3) is 0.737. The van der Waals surface area contributed by atoms with Gasteiger partial charge in [-0.05, 0) is 33.1 Å². The fourth-order valence-electron chi connectivity index (χ4n) is 3.32. The van der Waals surface area contributed by atoms with E-state index < -0.39 is 0 Å². The zero-order valence-corrected chi connectivity index (χ0v) is 16.6. The van der Waals surface area contributed by atoms with Crippen LogP contribution < -0.4 is 5.32 Å². The lowest BCUT2D eigenvalue weighted by Crippen LogP contribution is -2.45. The minimum atomic E-state index is -0.136. The van der Waals surface area contributed by atoms with Crippen LogP contribution in [0.25, 0.3) is 0 Å². The molecule has 1 heterocycles. The molecule has 0 bridgehead atoms. The number of nitrogens with one attached hydrogen (secondary N) is 1. The minimum Gasteiger partial charge on any atom is -0.330 e. The quantitative estimate of drug-likeness (QED) is 0.693. The summed E-state index contributed by atoms with van der Waals surface area (Å²) in [6.45, 7) is 6.21. The Hall–Kier alpha value is -1.43. The number of amides is 2. The molecule has 0 saturated heterocycles. The highest BCUT2D eigenvalue weighted by molar-refractivity contribution is 7.15. The van der Waals surface area contributed by atoms with Crippen molar-refractivity contribution >= 4 is 28.3 Å². The fourth-order valence-corrected chi connectivity index (χ4v) is 4.15. The molecule has 6 heteroatoms. The summed E-state index contributed by atoms with van der Waals surface area (Å²) >= 11 is 1.48. The van der Waals surface area contributed by atoms with Crippen LogP contribution in [0.5, 0.6) is 0 Å². The van der Waals surface area contributed by atoms with Gasteiger partial charge in [0.25, 0.3) is 0 Å². The molecular weight excluding hydrogens is 334 g/mol. The Morgan fingerprint density at radius 1 is 1.20 bits per heavy atom. The molecule has 0 aromatic carbocycles. The SMILES string of the molecule is CCCCCC(=O)N(CC(=O)Nc1nc(C)c(C)s1)C1CCCCC1. The lowest BCUT2D eigenvalue weighted by Gasteiger charge is -2.34. The summed E-state index contributed by atoms with van der Waals surface area (Å²) in [5.74, 6) is -0.00911. The second kappa shape index (κ2) is 9.90. The Bertz CT molecular complexity index is 560. The maximum atomic E-state index is 12.7. The monoisotopic (exact) mass is 365 g/mol. The average Bonchev–Trinajstić information content (AvgIpc) is 2.91. The third kappa shape index (κ3) is 6.10. The Labute approximate surface area is 155 Å². The van der Waals surface area contributed by atoms with E-state index in [0.29, 0.717) is 11.6 Å². The normalized spacial score (nSPS) is 15.2. The third-order valence-electron chi connectivity index (χ3n) is 4.92. The highest BCUT2D eigenvalue weighted by atomic mass is 32.1. The molecule has 1 aliphatic rings. The van der Waals surface area contributed by atoms with Crippen molar-refractivity contribution in [1.82, 2.24) is 9.88 Å². The first-order chi connectivity index (χ1) is 12.0. The van der Waals surface area contributed by atoms with Gasteiger partial charge in [-0.2, -0.15) is 0 Å². The van der Waals surface area contributed by atoms with Crippen LogP contribution in [0.3, 0.4) is 0 Å². The molecule has 2 rings (SSSR count). The van der Waals surface area contributed by atoms with Crippen molar-refractivity contribution in [1.29, 1.82) is 0 Å². The van der Waals surface area contributed by atoms with Crippen LogP contribution in [-0.2, 0) is 9.59 Å². The number of anilines is 1. The Morgan fingerprint density at radius 3 is 2.52 bits per heavy atom. The van der Waals surface area contributed by atoms with Gasteiger partial charge in [-0.3, -0.25) is 9.59 Å². The summed E-state index contributed by atoms with van der Waals surface area (Å²) in [5, 5.41) is 3.50. The van der Waals surface area contributed by atoms with Crippen molar-refractivity contribution in [3.05, 3.63) is 10.6 Å². The maximum Gasteiger partial charge on any atom is 0.245 e. The molecule has 1 N–H and O–H groups in total. The molecule has 0 aliphatic heterocycles. The lowest BCUT2D eigenvalue weighted by atomic mass is 9.93. The lowest BCUT2D eigenvalue weighted by molar-refractivity contribution is -0.137. The zero-order valence-electron chi connectivity index (χ0n) is 15.8. The van der Waals surface area contributed by atoms with Gasteiger partial charge in [0.15, 0.2) is 5.13 Å². The van der Waals surface area contributed by atoms with Gasteiger partial charge in [0.2, 0.25) is 11.8 Å². The molecular formula is C19H31N3O2S. The summed E-state index contributed by atoms with van der Waals surface area (Å²) < 4.78 is 0. The van der Waals surface area contributed by atoms with E-state index in [9.17, 15) is 9.59 Å². The summed E-state index contributed by atoms with van der Waals surface area (Å²) in [5.41, 5.74) is 0.945. The molecule has 0 radical (unpaired) electrons. The summed E-state index contributed by atoms with van der Waals surface area (Å²) in [4.78, 5) is 32.5. The van der Waals surface area contributed by atoms with E-state index >= 15 is 0 Å². The Balaban J connectivity index is 1.98. The van der Waals surface area contributed by atoms with E-state index in [-0.39, 0.29) is 24.4 Å². The average molecular weight is 366 g/mol. The van der Waals surface area contributed by atoms with Gasteiger partial charge in [-0.15, -0.1) is 11.3 Å². The van der Waals surface area contributed by atoms with Crippen LogP contribution in [0, 0.1) is 13.8 Å². The summed E-state index contributed by atoms with van der Waals surface area (Å²) in [6.07, 6.45) is 9.18. The summed E-state index contributed by atoms with van der Waals surface area (Å²) in [6, 6.07) is 0.216. The van der Waals surface area contributed by atoms with Gasteiger partial charge in [0.1, 0.15) is 6.54 Å². The number of hydrogen-bond donors (Lipinski definition) is 1. The van der Waals surface area contributed by atoms with E-state index in [1.807, 2.05) is 18.7 Å². The van der Waals surface area contributed by atoms with Gasteiger partial charge >= 0.3 is 0 Å². The van der Waals surface area contributed by atoms with Crippen molar-refractivity contribution in [3.63, 3.8) is 0 Å². The molecule has 1 aliphatic carbocycles. The number of carbonyl (C=O) groups excluding carboxylic acids is 2. The number of nitrogens with zero attached hydrogens (tertiary/aromatic N) is 2. The molecule has 0 atom stereocenters. The van der Waals surface area contributed by atoms with E-state index in [2.05, 4.69) is 17.2 Å². The number of carbonyl (C=O) groups is 2. The van der Waals surface area contributed by atoms with Crippen LogP contribution in [0.2, 0.25) is 0 Å². The van der Waals surface area contributed by atoms with Gasteiger partial charge in [0, 0.05) is 17.3 Å². The largest absolute Gasteiger partial charge is 0.330 e. The predicted octanol–water partition coefficient (Wildman–Crippen LogP) is 4.44. The molecule has 1 aromatic rings. The smallest absolute Gasteiger partial charge is 0.245 e. The minimum absolute atomic E-state index is 0.127. The Morgan fingerprint density at radius 2 is 1.92 bits per heavy atom. The van der Waals surface area contributed by atoms with E-state index in [4.69, 9.17) is 0 Å². The molecule has 0 spiro atoms. The van der Waals surface area contributed by atoms with Crippen molar-refractivity contribution < 1.29 is 9.59 Å². The van der Waals surface area contributed by atoms with Gasteiger partial charge in [0.05, 0.1) is 5.69 Å². The maximum absolute atomic E-state index is 12.7. The Kier molecular flexibility index (Phi) is 7.88. The van der Waals surface area contributed by atoms with Crippen LogP contribution in [0.15, 0.2) is 0 Å². The van der Waals surface area contributed by atoms with Gasteiger partial charge in [-0.1, -0.05) is 39.0 Å². The first kappa shape index (κ1) is 19.9. The van der Waals surface area contributed by atoms with Crippen molar-refractivity contribution in [3.8, 4) is 0 Å². The molecule has 5 nitrogen and oxygen atoms in total. The molecule has 1 aromatic heterocycles. The number of aromatic nitrogens is 1. The summed E-state index contributed by atoms with van der Waals surface area (Å²) in [7, 11) is 0. The standard InChI is InChI=1S/C19H31N3O2S/c1-4-5-7-12-18(24)22(16-10-8-6-9-11-16)13-17(23)21-19-20-14(2)15(3)25-19/h16H,4-13H2,1-3H3,(H,20,21,23). The third-order valence-corrected chi connectivity index (χ3v) is 5.91. The number of thiazole rings is 1. The van der Waals surface area contributed by atoms with E-state index in [0.717, 1.165) is 55.5 Å². The van der Waals surface area contributed by atoms with Crippen LogP contribution in [0.1, 0.15) is 75.3 Å². The molecule has 0 unspecified atom stereocenters. The first-order valence-electron chi connectivity index (χ1n) is 9.54. The second-order valence-electron chi connectivity index (χ2n) is 6.98. The van der Waals surface area contributed by atoms with Crippen molar-refractivity contribution in [2.45, 2.75) is 84.6 Å². The van der Waals surface area contributed by atoms with Crippen molar-refractivity contribution in [2.24, 2.45) is 0 Å². The zero-order chi connectivity index (χ0) is 18.2. The topological polar surface area (TPSA) is 62.3 Å². The predicted molar refractivity (Wildman–Crippen MR) is 103 cm³/mol. The van der Waals surface area contributed by atoms with Crippen LogP contribution in [-0.4, -0.2) is 34.3 Å². The highest BCUT2D eigenvalue weighted by Gasteiger charge is 2.27. The van der Waals surface area contributed by atoms with Crippen molar-refractivity contribution in [2.75, 3.05) is 11.9 Å². The second-order valence-corrected chi connectivity index (χ2v) is 8.18. The highest BCUT2D eigenvalue weighted by Crippen LogP contribution is 2.24. The van der Waals surface area contributed by atoms with E-state index in [1.165, 1.54) is 17.8 Å². The van der Waals surface area contributed by atoms with Crippen LogP contribution >= 0.6 is 11.3 Å². The van der Waals surface area contributed by atoms with Crippen LogP contribution in [0.4, 0.5) is 5.13 Å². The van der Waals surface area contributed by atoms with Gasteiger partial charge < -0.3 is 10.2 Å². The molecule has 25 heavy (non-hydrogen) atoms. The van der Waals surface area contributed by atoms with Gasteiger partial charge in [-0.25, -0.2) is 4.98 Å². The number of unbranched alkanes of at least 4 members (excludes halogenated alkanes) is 2. The molecule has 2 amide bonds. The molecule has 140 valence electrons. The first-order valence-corrected chi connectivity index (χ1v) is 10.4.